The molecular weight excluding hydrogens is 332 g/mol. The van der Waals surface area contributed by atoms with Crippen molar-refractivity contribution in [3.8, 4) is 5.75 Å². The van der Waals surface area contributed by atoms with Crippen molar-refractivity contribution in [3.63, 3.8) is 0 Å². The Morgan fingerprint density at radius 1 is 1.16 bits per heavy atom. The van der Waals surface area contributed by atoms with E-state index in [1.54, 1.807) is 36.4 Å². The minimum absolute atomic E-state index is 0.0544. The molecule has 0 unspecified atom stereocenters. The fourth-order valence-corrected chi connectivity index (χ4v) is 2.11. The summed E-state index contributed by atoms with van der Waals surface area (Å²) in [6.07, 6.45) is -1.04. The number of rotatable bonds is 7. The third-order valence-corrected chi connectivity index (χ3v) is 3.20. The quantitative estimate of drug-likeness (QED) is 0.571. The molecule has 0 spiro atoms. The molecule has 2 aromatic carbocycles. The Balaban J connectivity index is 2.17. The zero-order valence-electron chi connectivity index (χ0n) is 13.2. The first-order chi connectivity index (χ1) is 12.0. The van der Waals surface area contributed by atoms with Crippen LogP contribution in [0.15, 0.2) is 59.8 Å². The average molecular weight is 346 g/mol. The molecule has 0 aliphatic carbocycles. The van der Waals surface area contributed by atoms with Crippen molar-refractivity contribution >= 4 is 17.8 Å². The van der Waals surface area contributed by atoms with E-state index in [4.69, 9.17) is 4.74 Å². The zero-order valence-corrected chi connectivity index (χ0v) is 13.2. The van der Waals surface area contributed by atoms with Crippen molar-refractivity contribution in [1.29, 1.82) is 0 Å². The highest BCUT2D eigenvalue weighted by Gasteiger charge is 2.11. The summed E-state index contributed by atoms with van der Waals surface area (Å²) in [7, 11) is 1.23. The molecule has 5 nitrogen and oxygen atoms in total. The van der Waals surface area contributed by atoms with Crippen LogP contribution in [0, 0.1) is 0 Å². The third-order valence-electron chi connectivity index (χ3n) is 3.20. The van der Waals surface area contributed by atoms with Gasteiger partial charge in [0.15, 0.2) is 0 Å². The Morgan fingerprint density at radius 3 is 2.44 bits per heavy atom. The number of carbonyl (C=O) groups excluding carboxylic acids is 1. The summed E-state index contributed by atoms with van der Waals surface area (Å²) in [6, 6.07) is 12.7. The van der Waals surface area contributed by atoms with Gasteiger partial charge in [-0.25, -0.2) is 0 Å². The molecule has 2 aromatic rings. The summed E-state index contributed by atoms with van der Waals surface area (Å²) in [5, 5.41) is 14.7. The van der Waals surface area contributed by atoms with Gasteiger partial charge in [-0.3, -0.25) is 0 Å². The van der Waals surface area contributed by atoms with Gasteiger partial charge in [-0.2, -0.15) is 8.78 Å². The number of halogens is 2. The van der Waals surface area contributed by atoms with Crippen molar-refractivity contribution in [2.75, 3.05) is 7.11 Å². The summed E-state index contributed by atoms with van der Waals surface area (Å²) in [6.45, 7) is 0.0544. The number of ether oxygens (including phenoxy) is 1. The number of nitrogens with zero attached hydrogens (tertiary/aromatic N) is 1. The standard InChI is InChI=1S/C18H15F2NO4/c1-24-21-17(18(22)23)15-5-3-2-4-13(15)11-25-14-8-6-12(7-9-14)10-16(19)20/h2-10H,11H2,1H3,(H,22,23)/p-1. The van der Waals surface area contributed by atoms with Crippen LogP contribution in [0.2, 0.25) is 0 Å². The molecular formula is C18H14F2NO4-. The number of hydrogen-bond acceptors (Lipinski definition) is 5. The average Bonchev–Trinajstić information content (AvgIpc) is 2.59. The molecule has 7 heteroatoms. The van der Waals surface area contributed by atoms with Crippen LogP contribution in [0.1, 0.15) is 16.7 Å². The molecule has 0 fully saturated rings. The van der Waals surface area contributed by atoms with E-state index in [1.165, 1.54) is 19.2 Å². The number of hydrogen-bond donors (Lipinski definition) is 0. The van der Waals surface area contributed by atoms with Gasteiger partial charge < -0.3 is 19.5 Å². The van der Waals surface area contributed by atoms with E-state index >= 15 is 0 Å². The SMILES string of the molecule is CON=C(C(=O)[O-])c1ccccc1COc1ccc(C=C(F)F)cc1. The molecule has 0 aliphatic heterocycles. The van der Waals surface area contributed by atoms with Crippen LogP contribution in [0.3, 0.4) is 0 Å². The number of carbonyl (C=O) groups is 1. The van der Waals surface area contributed by atoms with Crippen molar-refractivity contribution in [1.82, 2.24) is 0 Å². The highest BCUT2D eigenvalue weighted by atomic mass is 19.3. The number of carboxylic acid groups (broad SMARTS) is 1. The zero-order chi connectivity index (χ0) is 18.2. The molecule has 0 heterocycles. The molecule has 0 radical (unpaired) electrons. The van der Waals surface area contributed by atoms with Gasteiger partial charge in [-0.05, 0) is 23.3 Å². The first-order valence-corrected chi connectivity index (χ1v) is 7.17. The summed E-state index contributed by atoms with van der Waals surface area (Å²) < 4.78 is 30.0. The predicted molar refractivity (Wildman–Crippen MR) is 86.0 cm³/mol. The summed E-state index contributed by atoms with van der Waals surface area (Å²) in [5.41, 5.74) is 0.865. The highest BCUT2D eigenvalue weighted by Crippen LogP contribution is 2.18. The molecule has 0 saturated heterocycles. The van der Waals surface area contributed by atoms with Crippen molar-refractivity contribution in [2.24, 2.45) is 5.16 Å². The molecule has 0 bridgehead atoms. The molecule has 130 valence electrons. The van der Waals surface area contributed by atoms with Crippen molar-refractivity contribution in [2.45, 2.75) is 6.61 Å². The summed E-state index contributed by atoms with van der Waals surface area (Å²) >= 11 is 0. The van der Waals surface area contributed by atoms with Crippen LogP contribution in [0.5, 0.6) is 5.75 Å². The first kappa shape index (κ1) is 18.1. The fraction of sp³-hybridized carbons (Fsp3) is 0.111. The molecule has 25 heavy (non-hydrogen) atoms. The first-order valence-electron chi connectivity index (χ1n) is 7.17. The Kier molecular flexibility index (Phi) is 6.22. The number of carboxylic acids is 1. The smallest absolute Gasteiger partial charge is 0.270 e. The van der Waals surface area contributed by atoms with E-state index in [2.05, 4.69) is 9.99 Å². The number of benzene rings is 2. The molecule has 0 aromatic heterocycles. The fourth-order valence-electron chi connectivity index (χ4n) is 2.11. The lowest BCUT2D eigenvalue weighted by molar-refractivity contribution is -0.294. The molecule has 2 rings (SSSR count). The largest absolute Gasteiger partial charge is 0.543 e. The minimum atomic E-state index is -1.78. The second kappa shape index (κ2) is 8.58. The van der Waals surface area contributed by atoms with Crippen molar-refractivity contribution in [3.05, 3.63) is 71.3 Å². The van der Waals surface area contributed by atoms with E-state index < -0.39 is 12.0 Å². The normalized spacial score (nSPS) is 10.9. The molecule has 0 amide bonds. The second-order valence-electron chi connectivity index (χ2n) is 4.86. The molecule has 0 atom stereocenters. The van der Waals surface area contributed by atoms with Crippen LogP contribution in [0.25, 0.3) is 6.08 Å². The Labute approximate surface area is 142 Å². The third kappa shape index (κ3) is 5.13. The number of oxime groups is 1. The Bertz CT molecular complexity index is 797. The molecule has 0 aliphatic rings. The Morgan fingerprint density at radius 2 is 1.84 bits per heavy atom. The summed E-state index contributed by atoms with van der Waals surface area (Å²) in [5.74, 6) is -1.02. The van der Waals surface area contributed by atoms with Gasteiger partial charge in [0.2, 0.25) is 0 Å². The van der Waals surface area contributed by atoms with Gasteiger partial charge in [0.05, 0.1) is 5.97 Å². The topological polar surface area (TPSA) is 71.0 Å². The maximum Gasteiger partial charge on any atom is 0.270 e. The predicted octanol–water partition coefficient (Wildman–Crippen LogP) is 2.60. The lowest BCUT2D eigenvalue weighted by Gasteiger charge is -2.13. The van der Waals surface area contributed by atoms with Crippen LogP contribution in [-0.2, 0) is 16.2 Å². The van der Waals surface area contributed by atoms with Crippen LogP contribution in [-0.4, -0.2) is 18.8 Å². The molecule has 0 N–H and O–H groups in total. The van der Waals surface area contributed by atoms with Crippen molar-refractivity contribution < 1.29 is 28.3 Å². The number of aliphatic carboxylic acids is 1. The Hall–Kier alpha value is -3.22. The van der Waals surface area contributed by atoms with Crippen LogP contribution < -0.4 is 9.84 Å². The van der Waals surface area contributed by atoms with E-state index in [0.717, 1.165) is 6.08 Å². The summed E-state index contributed by atoms with van der Waals surface area (Å²) in [4.78, 5) is 15.8. The maximum absolute atomic E-state index is 12.2. The molecule has 0 saturated carbocycles. The second-order valence-corrected chi connectivity index (χ2v) is 4.86. The van der Waals surface area contributed by atoms with Gasteiger partial charge in [0.25, 0.3) is 6.08 Å². The van der Waals surface area contributed by atoms with Gasteiger partial charge in [-0.15, -0.1) is 0 Å². The minimum Gasteiger partial charge on any atom is -0.543 e. The van der Waals surface area contributed by atoms with Crippen LogP contribution >= 0.6 is 0 Å². The van der Waals surface area contributed by atoms with E-state index in [-0.39, 0.29) is 12.3 Å². The van der Waals surface area contributed by atoms with Gasteiger partial charge >= 0.3 is 0 Å². The van der Waals surface area contributed by atoms with Gasteiger partial charge in [0, 0.05) is 11.6 Å². The lowest BCUT2D eigenvalue weighted by Crippen LogP contribution is -2.33. The van der Waals surface area contributed by atoms with Gasteiger partial charge in [0.1, 0.15) is 25.2 Å². The van der Waals surface area contributed by atoms with Crippen LogP contribution in [0.4, 0.5) is 8.78 Å². The van der Waals surface area contributed by atoms with E-state index in [1.807, 2.05) is 0 Å². The van der Waals surface area contributed by atoms with E-state index in [9.17, 15) is 18.7 Å². The monoisotopic (exact) mass is 346 g/mol. The maximum atomic E-state index is 12.2. The lowest BCUT2D eigenvalue weighted by atomic mass is 10.0. The highest BCUT2D eigenvalue weighted by molar-refractivity contribution is 6.41. The van der Waals surface area contributed by atoms with Gasteiger partial charge in [-0.1, -0.05) is 41.6 Å². The van der Waals surface area contributed by atoms with E-state index in [0.29, 0.717) is 22.4 Å².